The molecular formula is C25H38N6O. The number of guanidine groups is 1. The SMILES string of the molecule is CN=C(NCCCc1c[nH]c2ccccc12)N1CCN(CC(=O)N2CCCCCC2)CC1. The summed E-state index contributed by atoms with van der Waals surface area (Å²) in [6, 6.07) is 8.48. The van der Waals surface area contributed by atoms with Crippen LogP contribution in [0.5, 0.6) is 0 Å². The highest BCUT2D eigenvalue weighted by Gasteiger charge is 2.23. The van der Waals surface area contributed by atoms with Gasteiger partial charge < -0.3 is 20.1 Å². The Bertz CT molecular complexity index is 891. The quantitative estimate of drug-likeness (QED) is 0.413. The number of fused-ring (bicyclic) bond motifs is 1. The van der Waals surface area contributed by atoms with Crippen molar-refractivity contribution in [3.05, 3.63) is 36.0 Å². The highest BCUT2D eigenvalue weighted by Crippen LogP contribution is 2.18. The minimum Gasteiger partial charge on any atom is -0.361 e. The standard InChI is InChI=1S/C25H38N6O/c1-26-25(27-12-8-9-21-19-28-23-11-5-4-10-22(21)23)31-17-15-29(16-18-31)20-24(32)30-13-6-2-3-7-14-30/h4-5,10-11,19,28H,2-3,6-9,12-18,20H2,1H3,(H,26,27). The largest absolute Gasteiger partial charge is 0.361 e. The molecule has 2 aromatic rings. The zero-order valence-corrected chi connectivity index (χ0v) is 19.5. The molecule has 2 aliphatic heterocycles. The molecule has 0 atom stereocenters. The lowest BCUT2D eigenvalue weighted by Crippen LogP contribution is -2.54. The average Bonchev–Trinajstić information content (AvgIpc) is 3.03. The van der Waals surface area contributed by atoms with Crippen LogP contribution in [0.15, 0.2) is 35.5 Å². The van der Waals surface area contributed by atoms with Gasteiger partial charge in [0, 0.05) is 70.0 Å². The maximum absolute atomic E-state index is 12.7. The van der Waals surface area contributed by atoms with Crippen molar-refractivity contribution >= 4 is 22.8 Å². The van der Waals surface area contributed by atoms with E-state index in [9.17, 15) is 4.79 Å². The van der Waals surface area contributed by atoms with Gasteiger partial charge in [-0.3, -0.25) is 14.7 Å². The van der Waals surface area contributed by atoms with E-state index in [0.29, 0.717) is 12.5 Å². The fraction of sp³-hybridized carbons (Fsp3) is 0.600. The van der Waals surface area contributed by atoms with E-state index in [1.165, 1.54) is 29.3 Å². The Morgan fingerprint density at radius 1 is 1.00 bits per heavy atom. The van der Waals surface area contributed by atoms with E-state index in [2.05, 4.69) is 60.5 Å². The van der Waals surface area contributed by atoms with Crippen LogP contribution in [0, 0.1) is 0 Å². The van der Waals surface area contributed by atoms with Gasteiger partial charge in [0.15, 0.2) is 5.96 Å². The third-order valence-corrected chi connectivity index (χ3v) is 6.78. The minimum absolute atomic E-state index is 0.306. The van der Waals surface area contributed by atoms with E-state index in [0.717, 1.165) is 77.5 Å². The smallest absolute Gasteiger partial charge is 0.236 e. The summed E-state index contributed by atoms with van der Waals surface area (Å²) in [5.41, 5.74) is 2.58. The second-order valence-corrected chi connectivity index (χ2v) is 9.00. The van der Waals surface area contributed by atoms with Gasteiger partial charge in [-0.25, -0.2) is 0 Å². The highest BCUT2D eigenvalue weighted by molar-refractivity contribution is 5.83. The number of aromatic nitrogens is 1. The van der Waals surface area contributed by atoms with Gasteiger partial charge in [0.1, 0.15) is 0 Å². The number of amides is 1. The lowest BCUT2D eigenvalue weighted by atomic mass is 10.1. The Kier molecular flexibility index (Phi) is 8.04. The molecular weight excluding hydrogens is 400 g/mol. The molecule has 2 saturated heterocycles. The molecule has 0 radical (unpaired) electrons. The summed E-state index contributed by atoms with van der Waals surface area (Å²) in [5.74, 6) is 1.28. The monoisotopic (exact) mass is 438 g/mol. The van der Waals surface area contributed by atoms with Gasteiger partial charge in [-0.1, -0.05) is 31.0 Å². The first kappa shape index (κ1) is 22.6. The number of likely N-dealkylation sites (tertiary alicyclic amines) is 1. The number of piperazine rings is 1. The predicted molar refractivity (Wildman–Crippen MR) is 131 cm³/mol. The van der Waals surface area contributed by atoms with Crippen LogP contribution in [0.4, 0.5) is 0 Å². The van der Waals surface area contributed by atoms with Gasteiger partial charge >= 0.3 is 0 Å². The number of hydrogen-bond donors (Lipinski definition) is 2. The van der Waals surface area contributed by atoms with E-state index in [-0.39, 0.29) is 0 Å². The number of rotatable bonds is 6. The molecule has 0 bridgehead atoms. The fourth-order valence-corrected chi connectivity index (χ4v) is 4.88. The first-order valence-corrected chi connectivity index (χ1v) is 12.3. The van der Waals surface area contributed by atoms with Crippen LogP contribution in [-0.2, 0) is 11.2 Å². The summed E-state index contributed by atoms with van der Waals surface area (Å²) in [5, 5.41) is 4.86. The van der Waals surface area contributed by atoms with E-state index in [1.807, 2.05) is 7.05 Å². The van der Waals surface area contributed by atoms with Crippen LogP contribution < -0.4 is 5.32 Å². The maximum atomic E-state index is 12.7. The van der Waals surface area contributed by atoms with Gasteiger partial charge in [-0.15, -0.1) is 0 Å². The Morgan fingerprint density at radius 3 is 2.50 bits per heavy atom. The molecule has 0 unspecified atom stereocenters. The zero-order valence-electron chi connectivity index (χ0n) is 19.5. The molecule has 3 heterocycles. The Hall–Kier alpha value is -2.54. The first-order valence-electron chi connectivity index (χ1n) is 12.3. The van der Waals surface area contributed by atoms with Crippen molar-refractivity contribution in [2.24, 2.45) is 4.99 Å². The first-order chi connectivity index (χ1) is 15.7. The number of hydrogen-bond acceptors (Lipinski definition) is 3. The third kappa shape index (κ3) is 5.82. The van der Waals surface area contributed by atoms with Crippen molar-refractivity contribution in [3.8, 4) is 0 Å². The molecule has 0 aliphatic carbocycles. The molecule has 174 valence electrons. The number of aromatic amines is 1. The number of nitrogens with zero attached hydrogens (tertiary/aromatic N) is 4. The summed E-state index contributed by atoms with van der Waals surface area (Å²) < 4.78 is 0. The van der Waals surface area contributed by atoms with Crippen LogP contribution >= 0.6 is 0 Å². The number of carbonyl (C=O) groups is 1. The predicted octanol–water partition coefficient (Wildman–Crippen LogP) is 2.70. The van der Waals surface area contributed by atoms with Gasteiger partial charge in [0.05, 0.1) is 6.54 Å². The van der Waals surface area contributed by atoms with E-state index in [4.69, 9.17) is 0 Å². The number of aryl methyl sites for hydroxylation is 1. The molecule has 0 saturated carbocycles. The number of H-pyrrole nitrogens is 1. The maximum Gasteiger partial charge on any atom is 0.236 e. The molecule has 1 aromatic heterocycles. The van der Waals surface area contributed by atoms with Crippen LogP contribution in [0.1, 0.15) is 37.7 Å². The van der Waals surface area contributed by atoms with Gasteiger partial charge in [-0.05, 0) is 37.3 Å². The summed E-state index contributed by atoms with van der Waals surface area (Å²) in [7, 11) is 1.86. The van der Waals surface area contributed by atoms with Crippen LogP contribution in [0.25, 0.3) is 10.9 Å². The third-order valence-electron chi connectivity index (χ3n) is 6.78. The number of para-hydroxylation sites is 1. The van der Waals surface area contributed by atoms with Crippen molar-refractivity contribution in [1.29, 1.82) is 0 Å². The molecule has 2 aliphatic rings. The summed E-state index contributed by atoms with van der Waals surface area (Å²) >= 11 is 0. The van der Waals surface area contributed by atoms with Crippen LogP contribution in [0.3, 0.4) is 0 Å². The number of benzene rings is 1. The number of nitrogens with one attached hydrogen (secondary N) is 2. The Labute approximate surface area is 191 Å². The number of aliphatic imine (C=N–C) groups is 1. The second kappa shape index (κ2) is 11.4. The summed E-state index contributed by atoms with van der Waals surface area (Å²) in [6.07, 6.45) is 9.06. The van der Waals surface area contributed by atoms with Crippen molar-refractivity contribution in [1.82, 2.24) is 25.0 Å². The van der Waals surface area contributed by atoms with Crippen LogP contribution in [-0.4, -0.2) is 91.0 Å². The second-order valence-electron chi connectivity index (χ2n) is 9.00. The van der Waals surface area contributed by atoms with Gasteiger partial charge in [-0.2, -0.15) is 0 Å². The van der Waals surface area contributed by atoms with E-state index >= 15 is 0 Å². The van der Waals surface area contributed by atoms with Crippen molar-refractivity contribution in [2.45, 2.75) is 38.5 Å². The molecule has 7 heteroatoms. The zero-order chi connectivity index (χ0) is 22.2. The lowest BCUT2D eigenvalue weighted by molar-refractivity contribution is -0.132. The van der Waals surface area contributed by atoms with Crippen LogP contribution in [0.2, 0.25) is 0 Å². The fourth-order valence-electron chi connectivity index (χ4n) is 4.88. The molecule has 0 spiro atoms. The van der Waals surface area contributed by atoms with Crippen molar-refractivity contribution in [3.63, 3.8) is 0 Å². The average molecular weight is 439 g/mol. The summed E-state index contributed by atoms with van der Waals surface area (Å²) in [4.78, 5) is 27.2. The van der Waals surface area contributed by atoms with Gasteiger partial charge in [0.2, 0.25) is 5.91 Å². The Balaban J connectivity index is 1.17. The molecule has 32 heavy (non-hydrogen) atoms. The molecule has 4 rings (SSSR count). The van der Waals surface area contributed by atoms with E-state index < -0.39 is 0 Å². The number of carbonyl (C=O) groups excluding carboxylic acids is 1. The van der Waals surface area contributed by atoms with Crippen molar-refractivity contribution in [2.75, 3.05) is 59.4 Å². The van der Waals surface area contributed by atoms with Gasteiger partial charge in [0.25, 0.3) is 0 Å². The molecule has 1 aromatic carbocycles. The topological polar surface area (TPSA) is 67.0 Å². The Morgan fingerprint density at radius 2 is 1.75 bits per heavy atom. The highest BCUT2D eigenvalue weighted by atomic mass is 16.2. The van der Waals surface area contributed by atoms with Crippen molar-refractivity contribution < 1.29 is 4.79 Å². The summed E-state index contributed by atoms with van der Waals surface area (Å²) in [6.45, 7) is 6.99. The molecule has 7 nitrogen and oxygen atoms in total. The molecule has 2 fully saturated rings. The lowest BCUT2D eigenvalue weighted by Gasteiger charge is -2.37. The molecule has 2 N–H and O–H groups in total. The minimum atomic E-state index is 0.306. The normalized spacial score (nSPS) is 18.7. The molecule has 1 amide bonds. The van der Waals surface area contributed by atoms with E-state index in [1.54, 1.807) is 0 Å².